The maximum atomic E-state index is 4.88. The smallest absolute Gasteiger partial charge is 0.0715 e. The van der Waals surface area contributed by atoms with Crippen molar-refractivity contribution >= 4 is 10.9 Å². The number of nitrogens with zero attached hydrogens (tertiary/aromatic N) is 2. The topological polar surface area (TPSA) is 17.8 Å². The number of benzene rings is 2. The molecule has 2 nitrogen and oxygen atoms in total. The van der Waals surface area contributed by atoms with E-state index in [1.165, 1.54) is 38.9 Å². The highest BCUT2D eigenvalue weighted by Gasteiger charge is 2.12. The number of hydrogen-bond acceptors (Lipinski definition) is 1. The van der Waals surface area contributed by atoms with E-state index in [2.05, 4.69) is 87.0 Å². The second-order valence-electron chi connectivity index (χ2n) is 7.32. The Morgan fingerprint density at radius 2 is 1.52 bits per heavy atom. The van der Waals surface area contributed by atoms with E-state index in [9.17, 15) is 0 Å². The fraction of sp³-hybridized carbons (Fsp3) is 0.240. The molecule has 4 aromatic rings. The molecule has 2 aromatic heterocycles. The van der Waals surface area contributed by atoms with Gasteiger partial charge in [-0.15, -0.1) is 0 Å². The zero-order chi connectivity index (χ0) is 19.0. The van der Waals surface area contributed by atoms with Gasteiger partial charge in [-0.25, -0.2) is 0 Å². The van der Waals surface area contributed by atoms with Gasteiger partial charge in [0.1, 0.15) is 0 Å². The molecule has 0 saturated heterocycles. The predicted molar refractivity (Wildman–Crippen MR) is 115 cm³/mol. The second kappa shape index (κ2) is 7.03. The van der Waals surface area contributed by atoms with Crippen LogP contribution in [0.25, 0.3) is 27.8 Å². The lowest BCUT2D eigenvalue weighted by Gasteiger charge is -2.13. The first-order valence-electron chi connectivity index (χ1n) is 9.77. The summed E-state index contributed by atoms with van der Waals surface area (Å²) in [6.07, 6.45) is 6.21. The van der Waals surface area contributed by atoms with E-state index < -0.39 is 0 Å². The van der Waals surface area contributed by atoms with Gasteiger partial charge in [0.2, 0.25) is 0 Å². The summed E-state index contributed by atoms with van der Waals surface area (Å²) in [5.41, 5.74) is 10.0. The van der Waals surface area contributed by atoms with E-state index in [1.807, 2.05) is 6.20 Å². The minimum atomic E-state index is 1.02. The third kappa shape index (κ3) is 3.16. The van der Waals surface area contributed by atoms with Crippen LogP contribution in [0.3, 0.4) is 0 Å². The molecule has 0 N–H and O–H groups in total. The van der Waals surface area contributed by atoms with Gasteiger partial charge in [0.05, 0.1) is 17.4 Å². The molecular formula is C25H26N2. The highest BCUT2D eigenvalue weighted by molar-refractivity contribution is 5.86. The van der Waals surface area contributed by atoms with E-state index in [-0.39, 0.29) is 0 Å². The average molecular weight is 354 g/mol. The lowest BCUT2D eigenvalue weighted by molar-refractivity contribution is 1.08. The minimum absolute atomic E-state index is 1.02. The molecule has 2 aromatic carbocycles. The summed E-state index contributed by atoms with van der Waals surface area (Å²) in [4.78, 5) is 4.88. The molecule has 0 radical (unpaired) electrons. The fourth-order valence-electron chi connectivity index (χ4n) is 4.06. The zero-order valence-corrected chi connectivity index (χ0v) is 16.6. The predicted octanol–water partition coefficient (Wildman–Crippen LogP) is 6.43. The van der Waals surface area contributed by atoms with Gasteiger partial charge in [-0.3, -0.25) is 4.98 Å². The molecule has 2 heteroatoms. The summed E-state index contributed by atoms with van der Waals surface area (Å²) in [7, 11) is 0. The maximum Gasteiger partial charge on any atom is 0.0715 e. The number of pyridine rings is 1. The Hall–Kier alpha value is -2.87. The van der Waals surface area contributed by atoms with Gasteiger partial charge in [-0.2, -0.15) is 0 Å². The van der Waals surface area contributed by atoms with Crippen molar-refractivity contribution in [3.63, 3.8) is 0 Å². The van der Waals surface area contributed by atoms with Crippen LogP contribution in [0.1, 0.15) is 36.1 Å². The van der Waals surface area contributed by atoms with Gasteiger partial charge in [0.15, 0.2) is 0 Å². The Morgan fingerprint density at radius 1 is 0.852 bits per heavy atom. The summed E-state index contributed by atoms with van der Waals surface area (Å²) in [5, 5.41) is 1.23. The first kappa shape index (κ1) is 17.5. The zero-order valence-electron chi connectivity index (χ0n) is 16.6. The largest absolute Gasteiger partial charge is 0.315 e. The number of aryl methyl sites for hydroxylation is 4. The van der Waals surface area contributed by atoms with Gasteiger partial charge < -0.3 is 4.57 Å². The average Bonchev–Trinajstić information content (AvgIpc) is 3.09. The summed E-state index contributed by atoms with van der Waals surface area (Å²) in [6.45, 7) is 8.72. The molecule has 136 valence electrons. The molecule has 0 unspecified atom stereocenters. The van der Waals surface area contributed by atoms with Crippen molar-refractivity contribution in [2.75, 3.05) is 0 Å². The molecule has 2 heterocycles. The third-order valence-electron chi connectivity index (χ3n) is 5.32. The number of aromatic nitrogens is 2. The standard InChI is InChI=1S/C25H26N2/c1-5-19-8-7-9-20(6-2)25(19)23-15-21-10-11-27(24(21)16-26-23)22-13-17(3)12-18(4)14-22/h7-16H,5-6H2,1-4H3. The second-order valence-corrected chi connectivity index (χ2v) is 7.32. The summed E-state index contributed by atoms with van der Waals surface area (Å²) >= 11 is 0. The highest BCUT2D eigenvalue weighted by Crippen LogP contribution is 2.30. The molecule has 0 fully saturated rings. The molecule has 0 atom stereocenters. The van der Waals surface area contributed by atoms with Crippen LogP contribution in [-0.4, -0.2) is 9.55 Å². The van der Waals surface area contributed by atoms with E-state index in [0.717, 1.165) is 24.1 Å². The normalized spacial score (nSPS) is 11.3. The molecular weight excluding hydrogens is 328 g/mol. The van der Waals surface area contributed by atoms with Crippen molar-refractivity contribution in [2.24, 2.45) is 0 Å². The van der Waals surface area contributed by atoms with Crippen molar-refractivity contribution in [2.45, 2.75) is 40.5 Å². The van der Waals surface area contributed by atoms with Gasteiger partial charge in [-0.05, 0) is 73.2 Å². The van der Waals surface area contributed by atoms with Crippen LogP contribution >= 0.6 is 0 Å². The molecule has 27 heavy (non-hydrogen) atoms. The van der Waals surface area contributed by atoms with Gasteiger partial charge in [0, 0.05) is 22.8 Å². The minimum Gasteiger partial charge on any atom is -0.315 e. The monoisotopic (exact) mass is 354 g/mol. The van der Waals surface area contributed by atoms with E-state index in [4.69, 9.17) is 4.98 Å². The Labute approximate surface area is 161 Å². The Kier molecular flexibility index (Phi) is 4.57. The summed E-state index contributed by atoms with van der Waals surface area (Å²) in [6, 6.07) is 17.7. The van der Waals surface area contributed by atoms with Crippen LogP contribution in [-0.2, 0) is 12.8 Å². The molecule has 0 bridgehead atoms. The molecule has 0 aliphatic carbocycles. The van der Waals surface area contributed by atoms with Crippen LogP contribution < -0.4 is 0 Å². The Balaban J connectivity index is 1.87. The van der Waals surface area contributed by atoms with Crippen LogP contribution in [0.2, 0.25) is 0 Å². The van der Waals surface area contributed by atoms with E-state index in [0.29, 0.717) is 0 Å². The van der Waals surface area contributed by atoms with Crippen LogP contribution in [0.15, 0.2) is 60.9 Å². The molecule has 0 aliphatic rings. The SMILES string of the molecule is CCc1cccc(CC)c1-c1cc2ccn(-c3cc(C)cc(C)c3)c2cn1. The lowest BCUT2D eigenvalue weighted by atomic mass is 9.94. The molecule has 0 saturated carbocycles. The maximum absolute atomic E-state index is 4.88. The molecule has 0 amide bonds. The molecule has 0 aliphatic heterocycles. The number of rotatable bonds is 4. The van der Waals surface area contributed by atoms with Crippen LogP contribution in [0.4, 0.5) is 0 Å². The van der Waals surface area contributed by atoms with Gasteiger partial charge in [0.25, 0.3) is 0 Å². The Morgan fingerprint density at radius 3 is 2.15 bits per heavy atom. The number of fused-ring (bicyclic) bond motifs is 1. The first-order valence-corrected chi connectivity index (χ1v) is 9.77. The summed E-state index contributed by atoms with van der Waals surface area (Å²) < 4.78 is 2.23. The molecule has 0 spiro atoms. The van der Waals surface area contributed by atoms with Crippen LogP contribution in [0.5, 0.6) is 0 Å². The van der Waals surface area contributed by atoms with E-state index in [1.54, 1.807) is 0 Å². The number of hydrogen-bond donors (Lipinski definition) is 0. The van der Waals surface area contributed by atoms with Crippen molar-refractivity contribution in [3.05, 3.63) is 83.2 Å². The van der Waals surface area contributed by atoms with Crippen molar-refractivity contribution in [1.29, 1.82) is 0 Å². The fourth-order valence-corrected chi connectivity index (χ4v) is 4.06. The summed E-state index contributed by atoms with van der Waals surface area (Å²) in [5.74, 6) is 0. The van der Waals surface area contributed by atoms with Gasteiger partial charge in [-0.1, -0.05) is 38.1 Å². The van der Waals surface area contributed by atoms with Gasteiger partial charge >= 0.3 is 0 Å². The third-order valence-corrected chi connectivity index (χ3v) is 5.32. The Bertz CT molecular complexity index is 1080. The van der Waals surface area contributed by atoms with Crippen molar-refractivity contribution in [1.82, 2.24) is 9.55 Å². The lowest BCUT2D eigenvalue weighted by Crippen LogP contribution is -1.97. The quantitative estimate of drug-likeness (QED) is 0.413. The van der Waals surface area contributed by atoms with Crippen molar-refractivity contribution < 1.29 is 0 Å². The molecule has 4 rings (SSSR count). The highest BCUT2D eigenvalue weighted by atomic mass is 15.0. The first-order chi connectivity index (χ1) is 13.1. The van der Waals surface area contributed by atoms with E-state index >= 15 is 0 Å². The van der Waals surface area contributed by atoms with Crippen molar-refractivity contribution in [3.8, 4) is 16.9 Å². The van der Waals surface area contributed by atoms with Crippen LogP contribution in [0, 0.1) is 13.8 Å².